The molecule has 1 atom stereocenters. The van der Waals surface area contributed by atoms with Gasteiger partial charge in [-0.1, -0.05) is 0 Å². The number of halogens is 2. The van der Waals surface area contributed by atoms with Crippen LogP contribution in [-0.4, -0.2) is 64.0 Å². The third-order valence-corrected chi connectivity index (χ3v) is 4.51. The van der Waals surface area contributed by atoms with Gasteiger partial charge in [0, 0.05) is 57.3 Å². The Hall–Kier alpha value is -2.32. The van der Waals surface area contributed by atoms with Crippen molar-refractivity contribution in [1.29, 1.82) is 0 Å². The zero-order valence-electron chi connectivity index (χ0n) is 13.0. The Kier molecular flexibility index (Phi) is 4.33. The van der Waals surface area contributed by atoms with E-state index in [1.165, 1.54) is 12.4 Å². The number of piperazine rings is 1. The van der Waals surface area contributed by atoms with Crippen LogP contribution in [0.2, 0.25) is 0 Å². The molecule has 1 aliphatic carbocycles. The van der Waals surface area contributed by atoms with Crippen LogP contribution in [0.1, 0.15) is 29.6 Å². The van der Waals surface area contributed by atoms with Crippen molar-refractivity contribution in [2.45, 2.75) is 25.2 Å². The van der Waals surface area contributed by atoms with Crippen molar-refractivity contribution >= 4 is 17.8 Å². The summed E-state index contributed by atoms with van der Waals surface area (Å²) in [6.45, 7) is 1.82. The average molecular weight is 340 g/mol. The van der Waals surface area contributed by atoms with Gasteiger partial charge in [-0.15, -0.1) is 0 Å². The first kappa shape index (κ1) is 16.5. The number of aromatic nitrogens is 2. The molecule has 9 heteroatoms. The van der Waals surface area contributed by atoms with E-state index in [1.54, 1.807) is 4.90 Å². The summed E-state index contributed by atoms with van der Waals surface area (Å²) >= 11 is 0. The van der Waals surface area contributed by atoms with Gasteiger partial charge in [0.15, 0.2) is 0 Å². The number of carboxylic acid groups (broad SMARTS) is 1. The van der Waals surface area contributed by atoms with Crippen LogP contribution in [0.25, 0.3) is 0 Å². The third-order valence-electron chi connectivity index (χ3n) is 4.51. The lowest BCUT2D eigenvalue weighted by molar-refractivity contribution is -0.136. The molecule has 1 unspecified atom stereocenters. The van der Waals surface area contributed by atoms with Gasteiger partial charge >= 0.3 is 5.97 Å². The van der Waals surface area contributed by atoms with E-state index in [2.05, 4.69) is 9.97 Å². The van der Waals surface area contributed by atoms with Crippen molar-refractivity contribution < 1.29 is 23.5 Å². The second kappa shape index (κ2) is 6.29. The topological polar surface area (TPSA) is 86.6 Å². The van der Waals surface area contributed by atoms with Crippen LogP contribution in [0.4, 0.5) is 14.7 Å². The molecule has 130 valence electrons. The quantitative estimate of drug-likeness (QED) is 0.891. The van der Waals surface area contributed by atoms with Crippen LogP contribution >= 0.6 is 0 Å². The fourth-order valence-corrected chi connectivity index (χ4v) is 3.14. The number of hydrogen-bond acceptors (Lipinski definition) is 5. The second-order valence-corrected chi connectivity index (χ2v) is 6.18. The van der Waals surface area contributed by atoms with Crippen LogP contribution in [0.15, 0.2) is 12.4 Å². The van der Waals surface area contributed by atoms with Crippen LogP contribution in [0.3, 0.4) is 0 Å². The lowest BCUT2D eigenvalue weighted by Gasteiger charge is -2.35. The van der Waals surface area contributed by atoms with Gasteiger partial charge in [-0.05, 0) is 6.42 Å². The van der Waals surface area contributed by atoms with Crippen molar-refractivity contribution in [3.63, 3.8) is 0 Å². The van der Waals surface area contributed by atoms with E-state index in [9.17, 15) is 18.4 Å². The number of carbonyl (C=O) groups is 2. The zero-order valence-corrected chi connectivity index (χ0v) is 13.0. The van der Waals surface area contributed by atoms with Gasteiger partial charge in [0.25, 0.3) is 0 Å². The minimum Gasteiger partial charge on any atom is -0.478 e. The molecule has 1 aromatic heterocycles. The lowest BCUT2D eigenvalue weighted by atomic mass is 10.1. The molecular formula is C15H18F2N4O3. The normalized spacial score (nSPS) is 23.3. The third kappa shape index (κ3) is 3.44. The summed E-state index contributed by atoms with van der Waals surface area (Å²) in [7, 11) is 0. The predicted octanol–water partition coefficient (Wildman–Crippen LogP) is 1.26. The highest BCUT2D eigenvalue weighted by molar-refractivity contribution is 5.86. The number of anilines is 1. The Bertz CT molecular complexity index is 630. The Morgan fingerprint density at radius 3 is 2.29 bits per heavy atom. The van der Waals surface area contributed by atoms with Gasteiger partial charge in [0.1, 0.15) is 0 Å². The Balaban J connectivity index is 1.56. The number of amides is 1. The molecule has 2 fully saturated rings. The molecule has 0 bridgehead atoms. The average Bonchev–Trinajstić information content (AvgIpc) is 2.94. The number of aromatic carboxylic acids is 1. The maximum atomic E-state index is 13.3. The molecule has 3 rings (SSSR count). The summed E-state index contributed by atoms with van der Waals surface area (Å²) in [6, 6.07) is 0. The Morgan fingerprint density at radius 1 is 1.17 bits per heavy atom. The van der Waals surface area contributed by atoms with Gasteiger partial charge in [-0.2, -0.15) is 0 Å². The minimum absolute atomic E-state index is 0.00900. The molecule has 2 heterocycles. The smallest absolute Gasteiger partial charge is 0.338 e. The van der Waals surface area contributed by atoms with E-state index in [-0.39, 0.29) is 30.7 Å². The van der Waals surface area contributed by atoms with E-state index in [4.69, 9.17) is 5.11 Å². The summed E-state index contributed by atoms with van der Waals surface area (Å²) < 4.78 is 26.5. The highest BCUT2D eigenvalue weighted by atomic mass is 19.3. The van der Waals surface area contributed by atoms with Crippen molar-refractivity contribution in [2.24, 2.45) is 5.92 Å². The van der Waals surface area contributed by atoms with Crippen LogP contribution in [-0.2, 0) is 4.79 Å². The van der Waals surface area contributed by atoms with Crippen molar-refractivity contribution in [1.82, 2.24) is 14.9 Å². The van der Waals surface area contributed by atoms with Crippen molar-refractivity contribution in [3.05, 3.63) is 18.0 Å². The van der Waals surface area contributed by atoms with E-state index >= 15 is 0 Å². The molecule has 1 amide bonds. The van der Waals surface area contributed by atoms with Gasteiger partial charge in [0.2, 0.25) is 17.8 Å². The SMILES string of the molecule is O=C(O)c1cnc(N2CCN(C(=O)C3CCC(F)(F)C3)CC2)nc1. The van der Waals surface area contributed by atoms with E-state index in [1.807, 2.05) is 4.90 Å². The molecule has 1 saturated heterocycles. The molecule has 0 spiro atoms. The number of hydrogen-bond donors (Lipinski definition) is 1. The fourth-order valence-electron chi connectivity index (χ4n) is 3.14. The molecule has 7 nitrogen and oxygen atoms in total. The molecule has 1 N–H and O–H groups in total. The highest BCUT2D eigenvalue weighted by Crippen LogP contribution is 2.39. The highest BCUT2D eigenvalue weighted by Gasteiger charge is 2.44. The molecule has 0 radical (unpaired) electrons. The summed E-state index contributed by atoms with van der Waals surface area (Å²) in [5, 5.41) is 8.83. The summed E-state index contributed by atoms with van der Waals surface area (Å²) in [5.74, 6) is -4.20. The number of alkyl halides is 2. The summed E-state index contributed by atoms with van der Waals surface area (Å²) in [5.41, 5.74) is 0.00900. The number of rotatable bonds is 3. The predicted molar refractivity (Wildman–Crippen MR) is 80.1 cm³/mol. The standard InChI is InChI=1S/C15H18F2N4O3/c16-15(17)2-1-10(7-15)12(22)20-3-5-21(6-4-20)14-18-8-11(9-19-14)13(23)24/h8-10H,1-7H2,(H,23,24). The molecule has 2 aliphatic rings. The largest absolute Gasteiger partial charge is 0.478 e. The van der Waals surface area contributed by atoms with Gasteiger partial charge in [-0.25, -0.2) is 23.5 Å². The molecular weight excluding hydrogens is 322 g/mol. The maximum absolute atomic E-state index is 13.3. The summed E-state index contributed by atoms with van der Waals surface area (Å²) in [6.07, 6.45) is 2.15. The van der Waals surface area contributed by atoms with Crippen LogP contribution in [0, 0.1) is 5.92 Å². The minimum atomic E-state index is -2.72. The monoisotopic (exact) mass is 340 g/mol. The first-order valence-electron chi connectivity index (χ1n) is 7.83. The first-order valence-corrected chi connectivity index (χ1v) is 7.83. The Morgan fingerprint density at radius 2 is 1.79 bits per heavy atom. The summed E-state index contributed by atoms with van der Waals surface area (Å²) in [4.78, 5) is 34.6. The Labute approximate surface area is 137 Å². The molecule has 1 aliphatic heterocycles. The lowest BCUT2D eigenvalue weighted by Crippen LogP contribution is -2.50. The van der Waals surface area contributed by atoms with Crippen molar-refractivity contribution in [3.8, 4) is 0 Å². The fraction of sp³-hybridized carbons (Fsp3) is 0.600. The zero-order chi connectivity index (χ0) is 17.3. The number of nitrogens with zero attached hydrogens (tertiary/aromatic N) is 4. The molecule has 24 heavy (non-hydrogen) atoms. The first-order chi connectivity index (χ1) is 11.4. The second-order valence-electron chi connectivity index (χ2n) is 6.18. The van der Waals surface area contributed by atoms with Gasteiger partial charge in [0.05, 0.1) is 5.56 Å². The van der Waals surface area contributed by atoms with Crippen molar-refractivity contribution in [2.75, 3.05) is 31.1 Å². The number of carbonyl (C=O) groups excluding carboxylic acids is 1. The van der Waals surface area contributed by atoms with E-state index in [0.29, 0.717) is 32.1 Å². The molecule has 1 saturated carbocycles. The van der Waals surface area contributed by atoms with Gasteiger partial charge < -0.3 is 14.9 Å². The number of carboxylic acids is 1. The van der Waals surface area contributed by atoms with Gasteiger partial charge in [-0.3, -0.25) is 4.79 Å². The van der Waals surface area contributed by atoms with Crippen LogP contribution < -0.4 is 4.90 Å². The van der Waals surface area contributed by atoms with E-state index < -0.39 is 17.8 Å². The molecule has 0 aromatic carbocycles. The van der Waals surface area contributed by atoms with E-state index in [0.717, 1.165) is 0 Å². The van der Waals surface area contributed by atoms with Crippen LogP contribution in [0.5, 0.6) is 0 Å². The molecule has 1 aromatic rings. The maximum Gasteiger partial charge on any atom is 0.338 e.